The minimum absolute atomic E-state index is 0.0242. The molecule has 0 heterocycles. The standard InChI is InChI=1S/C18H24N2O4S/c1-5-13(2)19-14-6-8-15(9-7-14)20-25(21,22)18-12-16(23-3)10-11-17(18)24-4/h6-13,19-20H,5H2,1-4H3. The normalized spacial score (nSPS) is 12.3. The molecule has 0 radical (unpaired) electrons. The lowest BCUT2D eigenvalue weighted by Crippen LogP contribution is -2.15. The molecule has 0 spiro atoms. The lowest BCUT2D eigenvalue weighted by Gasteiger charge is -2.15. The molecule has 0 aliphatic rings. The van der Waals surface area contributed by atoms with Crippen LogP contribution in [-0.4, -0.2) is 28.7 Å². The van der Waals surface area contributed by atoms with E-state index in [1.807, 2.05) is 12.1 Å². The van der Waals surface area contributed by atoms with Crippen molar-refractivity contribution in [3.63, 3.8) is 0 Å². The number of sulfonamides is 1. The van der Waals surface area contributed by atoms with E-state index in [2.05, 4.69) is 23.9 Å². The smallest absolute Gasteiger partial charge is 0.265 e. The molecule has 2 aromatic rings. The van der Waals surface area contributed by atoms with Crippen LogP contribution in [0.25, 0.3) is 0 Å². The largest absolute Gasteiger partial charge is 0.497 e. The Balaban J connectivity index is 2.24. The third kappa shape index (κ3) is 4.79. The topological polar surface area (TPSA) is 76.7 Å². The summed E-state index contributed by atoms with van der Waals surface area (Å²) in [4.78, 5) is 0.0242. The third-order valence-corrected chi connectivity index (χ3v) is 5.23. The van der Waals surface area contributed by atoms with E-state index in [1.54, 1.807) is 24.3 Å². The van der Waals surface area contributed by atoms with Gasteiger partial charge in [-0.05, 0) is 49.7 Å². The second-order valence-electron chi connectivity index (χ2n) is 5.65. The maximum atomic E-state index is 12.7. The summed E-state index contributed by atoms with van der Waals surface area (Å²) < 4.78 is 38.2. The van der Waals surface area contributed by atoms with Crippen molar-refractivity contribution in [1.82, 2.24) is 0 Å². The second kappa shape index (κ2) is 8.11. The maximum absolute atomic E-state index is 12.7. The molecule has 2 rings (SSSR count). The van der Waals surface area contributed by atoms with Crippen molar-refractivity contribution in [3.8, 4) is 11.5 Å². The summed E-state index contributed by atoms with van der Waals surface area (Å²) in [6, 6.07) is 12.1. The highest BCUT2D eigenvalue weighted by molar-refractivity contribution is 7.92. The zero-order valence-corrected chi connectivity index (χ0v) is 15.7. The Labute approximate surface area is 149 Å². The molecule has 0 saturated heterocycles. The quantitative estimate of drug-likeness (QED) is 0.747. The highest BCUT2D eigenvalue weighted by Gasteiger charge is 2.20. The number of hydrogen-bond acceptors (Lipinski definition) is 5. The fourth-order valence-electron chi connectivity index (χ4n) is 2.23. The highest BCUT2D eigenvalue weighted by Crippen LogP contribution is 2.30. The van der Waals surface area contributed by atoms with Crippen LogP contribution in [0.3, 0.4) is 0 Å². The molecule has 0 aromatic heterocycles. The maximum Gasteiger partial charge on any atom is 0.265 e. The fraction of sp³-hybridized carbons (Fsp3) is 0.333. The van der Waals surface area contributed by atoms with Crippen molar-refractivity contribution in [1.29, 1.82) is 0 Å². The van der Waals surface area contributed by atoms with Crippen molar-refractivity contribution >= 4 is 21.4 Å². The average molecular weight is 364 g/mol. The molecule has 1 atom stereocenters. The van der Waals surface area contributed by atoms with Gasteiger partial charge in [0.1, 0.15) is 16.4 Å². The van der Waals surface area contributed by atoms with Gasteiger partial charge < -0.3 is 14.8 Å². The molecular formula is C18H24N2O4S. The van der Waals surface area contributed by atoms with Gasteiger partial charge in [0.25, 0.3) is 10.0 Å². The number of nitrogens with one attached hydrogen (secondary N) is 2. The molecular weight excluding hydrogens is 340 g/mol. The summed E-state index contributed by atoms with van der Waals surface area (Å²) in [5.41, 5.74) is 1.41. The second-order valence-corrected chi connectivity index (χ2v) is 7.30. The van der Waals surface area contributed by atoms with E-state index in [0.29, 0.717) is 17.5 Å². The predicted octanol–water partition coefficient (Wildman–Crippen LogP) is 3.72. The van der Waals surface area contributed by atoms with E-state index >= 15 is 0 Å². The molecule has 6 nitrogen and oxygen atoms in total. The van der Waals surface area contributed by atoms with Crippen LogP contribution in [0.15, 0.2) is 47.4 Å². The third-order valence-electron chi connectivity index (χ3n) is 3.82. The van der Waals surface area contributed by atoms with Crippen molar-refractivity contribution in [2.24, 2.45) is 0 Å². The van der Waals surface area contributed by atoms with Crippen molar-refractivity contribution in [2.75, 3.05) is 24.3 Å². The van der Waals surface area contributed by atoms with Crippen LogP contribution in [0.2, 0.25) is 0 Å². The number of anilines is 2. The molecule has 25 heavy (non-hydrogen) atoms. The number of rotatable bonds is 8. The first kappa shape index (κ1) is 18.9. The molecule has 0 bridgehead atoms. The molecule has 2 aromatic carbocycles. The van der Waals surface area contributed by atoms with Crippen LogP contribution in [-0.2, 0) is 10.0 Å². The Kier molecular flexibility index (Phi) is 6.14. The molecule has 136 valence electrons. The van der Waals surface area contributed by atoms with Crippen LogP contribution in [0.5, 0.6) is 11.5 Å². The van der Waals surface area contributed by atoms with Gasteiger partial charge >= 0.3 is 0 Å². The zero-order valence-electron chi connectivity index (χ0n) is 14.9. The lowest BCUT2D eigenvalue weighted by molar-refractivity contribution is 0.392. The van der Waals surface area contributed by atoms with Gasteiger partial charge in [-0.3, -0.25) is 4.72 Å². The Morgan fingerprint density at radius 3 is 2.20 bits per heavy atom. The number of benzene rings is 2. The average Bonchev–Trinajstić information content (AvgIpc) is 2.62. The van der Waals surface area contributed by atoms with E-state index in [1.165, 1.54) is 20.3 Å². The first-order chi connectivity index (χ1) is 11.9. The molecule has 0 aliphatic carbocycles. The SMILES string of the molecule is CCC(C)Nc1ccc(NS(=O)(=O)c2cc(OC)ccc2OC)cc1. The molecule has 1 unspecified atom stereocenters. The van der Waals surface area contributed by atoms with Gasteiger partial charge in [0.05, 0.1) is 14.2 Å². The van der Waals surface area contributed by atoms with E-state index in [0.717, 1.165) is 12.1 Å². The number of ether oxygens (including phenoxy) is 2. The van der Waals surface area contributed by atoms with E-state index in [4.69, 9.17) is 9.47 Å². The van der Waals surface area contributed by atoms with Crippen molar-refractivity contribution in [3.05, 3.63) is 42.5 Å². The first-order valence-electron chi connectivity index (χ1n) is 8.01. The van der Waals surface area contributed by atoms with Crippen LogP contribution < -0.4 is 19.5 Å². The van der Waals surface area contributed by atoms with Gasteiger partial charge in [-0.1, -0.05) is 6.92 Å². The first-order valence-corrected chi connectivity index (χ1v) is 9.49. The fourth-order valence-corrected chi connectivity index (χ4v) is 3.47. The van der Waals surface area contributed by atoms with Crippen LogP contribution in [0.1, 0.15) is 20.3 Å². The Morgan fingerprint density at radius 2 is 1.64 bits per heavy atom. The van der Waals surface area contributed by atoms with Gasteiger partial charge in [-0.25, -0.2) is 8.42 Å². The summed E-state index contributed by atoms with van der Waals surface area (Å²) in [7, 11) is -0.897. The van der Waals surface area contributed by atoms with Crippen molar-refractivity contribution in [2.45, 2.75) is 31.2 Å². The zero-order chi connectivity index (χ0) is 18.4. The Bertz CT molecular complexity index is 804. The molecule has 0 saturated carbocycles. The summed E-state index contributed by atoms with van der Waals surface area (Å²) in [6.45, 7) is 4.19. The monoisotopic (exact) mass is 364 g/mol. The van der Waals surface area contributed by atoms with Gasteiger partial charge in [0, 0.05) is 23.5 Å². The van der Waals surface area contributed by atoms with Crippen LogP contribution in [0.4, 0.5) is 11.4 Å². The predicted molar refractivity (Wildman–Crippen MR) is 100 cm³/mol. The van der Waals surface area contributed by atoms with Crippen LogP contribution >= 0.6 is 0 Å². The van der Waals surface area contributed by atoms with E-state index in [9.17, 15) is 8.42 Å². The van der Waals surface area contributed by atoms with Gasteiger partial charge in [-0.15, -0.1) is 0 Å². The number of methoxy groups -OCH3 is 2. The van der Waals surface area contributed by atoms with Crippen LogP contribution in [0, 0.1) is 0 Å². The Hall–Kier alpha value is -2.41. The highest BCUT2D eigenvalue weighted by atomic mass is 32.2. The minimum Gasteiger partial charge on any atom is -0.497 e. The summed E-state index contributed by atoms with van der Waals surface area (Å²) >= 11 is 0. The van der Waals surface area contributed by atoms with Crippen molar-refractivity contribution < 1.29 is 17.9 Å². The summed E-state index contributed by atoms with van der Waals surface area (Å²) in [5, 5.41) is 3.33. The molecule has 2 N–H and O–H groups in total. The summed E-state index contributed by atoms with van der Waals surface area (Å²) in [6.07, 6.45) is 1.00. The molecule has 0 fully saturated rings. The van der Waals surface area contributed by atoms with Gasteiger partial charge in [-0.2, -0.15) is 0 Å². The van der Waals surface area contributed by atoms with E-state index < -0.39 is 10.0 Å². The Morgan fingerprint density at radius 1 is 1.00 bits per heavy atom. The molecule has 0 aliphatic heterocycles. The molecule has 0 amide bonds. The number of hydrogen-bond donors (Lipinski definition) is 2. The molecule has 7 heteroatoms. The van der Waals surface area contributed by atoms with Gasteiger partial charge in [0.15, 0.2) is 0 Å². The van der Waals surface area contributed by atoms with Gasteiger partial charge in [0.2, 0.25) is 0 Å². The van der Waals surface area contributed by atoms with E-state index in [-0.39, 0.29) is 10.6 Å². The minimum atomic E-state index is -3.80. The lowest BCUT2D eigenvalue weighted by atomic mass is 10.2. The summed E-state index contributed by atoms with van der Waals surface area (Å²) in [5.74, 6) is 0.692.